The molecule has 1 aliphatic rings. The van der Waals surface area contributed by atoms with Crippen LogP contribution in [0.15, 0.2) is 0 Å². The van der Waals surface area contributed by atoms with Crippen molar-refractivity contribution in [1.29, 1.82) is 0 Å². The number of ether oxygens (including phenoxy) is 1. The maximum absolute atomic E-state index is 11.8. The van der Waals surface area contributed by atoms with Crippen LogP contribution in [0.4, 0.5) is 0 Å². The van der Waals surface area contributed by atoms with Gasteiger partial charge in [0.2, 0.25) is 5.91 Å². The molecule has 4 nitrogen and oxygen atoms in total. The van der Waals surface area contributed by atoms with Gasteiger partial charge in [-0.15, -0.1) is 0 Å². The molecule has 4 heteroatoms. The van der Waals surface area contributed by atoms with Crippen molar-refractivity contribution in [1.82, 2.24) is 4.90 Å². The molecular formula is C9H18N2O2. The van der Waals surface area contributed by atoms with Gasteiger partial charge in [-0.3, -0.25) is 4.79 Å². The van der Waals surface area contributed by atoms with Gasteiger partial charge in [0, 0.05) is 19.1 Å². The molecule has 2 atom stereocenters. The van der Waals surface area contributed by atoms with Gasteiger partial charge in [-0.25, -0.2) is 0 Å². The van der Waals surface area contributed by atoms with E-state index in [0.717, 1.165) is 0 Å². The van der Waals surface area contributed by atoms with Crippen LogP contribution in [0.5, 0.6) is 0 Å². The van der Waals surface area contributed by atoms with Crippen LogP contribution in [0.1, 0.15) is 13.8 Å². The van der Waals surface area contributed by atoms with Crippen molar-refractivity contribution < 1.29 is 9.53 Å². The van der Waals surface area contributed by atoms with Gasteiger partial charge in [0.1, 0.15) is 0 Å². The maximum atomic E-state index is 11.8. The van der Waals surface area contributed by atoms with Crippen LogP contribution in [0.25, 0.3) is 0 Å². The Morgan fingerprint density at radius 2 is 2.15 bits per heavy atom. The lowest BCUT2D eigenvalue weighted by molar-refractivity contribution is -0.135. The molecule has 1 fully saturated rings. The van der Waals surface area contributed by atoms with E-state index in [-0.39, 0.29) is 23.9 Å². The third-order valence-electron chi connectivity index (χ3n) is 2.56. The molecule has 0 saturated carbocycles. The lowest BCUT2D eigenvalue weighted by Gasteiger charge is -2.25. The first kappa shape index (κ1) is 10.5. The molecule has 1 amide bonds. The lowest BCUT2D eigenvalue weighted by Crippen LogP contribution is -2.44. The third kappa shape index (κ3) is 2.19. The van der Waals surface area contributed by atoms with Gasteiger partial charge in [-0.1, -0.05) is 0 Å². The fraction of sp³-hybridized carbons (Fsp3) is 0.889. The molecule has 0 spiro atoms. The predicted octanol–water partition coefficient (Wildman–Crippen LogP) is -0.173. The van der Waals surface area contributed by atoms with Crippen molar-refractivity contribution in [2.75, 3.05) is 20.3 Å². The van der Waals surface area contributed by atoms with E-state index in [1.807, 2.05) is 13.8 Å². The van der Waals surface area contributed by atoms with E-state index in [9.17, 15) is 4.79 Å². The van der Waals surface area contributed by atoms with Crippen LogP contribution in [-0.2, 0) is 9.53 Å². The minimum Gasteiger partial charge on any atom is -0.379 e. The molecule has 0 aliphatic carbocycles. The van der Waals surface area contributed by atoms with Crippen molar-refractivity contribution in [3.05, 3.63) is 0 Å². The van der Waals surface area contributed by atoms with Crippen molar-refractivity contribution in [2.24, 2.45) is 11.7 Å². The van der Waals surface area contributed by atoms with Gasteiger partial charge < -0.3 is 15.4 Å². The summed E-state index contributed by atoms with van der Waals surface area (Å²) in [5.74, 6) is -0.0487. The Hall–Kier alpha value is -0.610. The minimum absolute atomic E-state index is 0.0972. The molecule has 2 unspecified atom stereocenters. The highest BCUT2D eigenvalue weighted by Crippen LogP contribution is 2.15. The quantitative estimate of drug-likeness (QED) is 0.651. The van der Waals surface area contributed by atoms with E-state index in [2.05, 4.69) is 0 Å². The molecule has 1 heterocycles. The number of carbonyl (C=O) groups excluding carboxylic acids is 1. The van der Waals surface area contributed by atoms with Gasteiger partial charge in [-0.2, -0.15) is 0 Å². The number of nitrogens with zero attached hydrogens (tertiary/aromatic N) is 1. The summed E-state index contributed by atoms with van der Waals surface area (Å²) in [5.41, 5.74) is 5.75. The van der Waals surface area contributed by atoms with Crippen molar-refractivity contribution in [2.45, 2.75) is 25.9 Å². The Balaban J connectivity index is 2.56. The zero-order chi connectivity index (χ0) is 10.0. The smallest absolute Gasteiger partial charge is 0.229 e. The molecule has 0 radical (unpaired) electrons. The van der Waals surface area contributed by atoms with E-state index in [1.54, 1.807) is 11.9 Å². The second kappa shape index (κ2) is 4.07. The number of carbonyl (C=O) groups is 1. The standard InChI is InChI=1S/C9H18N2O2/c1-6(2)11(3)9(12)7-4-13-5-8(7)10/h6-8H,4-5,10H2,1-3H3. The van der Waals surface area contributed by atoms with Gasteiger partial charge in [0.15, 0.2) is 0 Å². The number of rotatable bonds is 2. The van der Waals surface area contributed by atoms with Crippen molar-refractivity contribution in [3.8, 4) is 0 Å². The average Bonchev–Trinajstić information content (AvgIpc) is 2.48. The van der Waals surface area contributed by atoms with Gasteiger partial charge in [0.05, 0.1) is 19.1 Å². The number of hydrogen-bond donors (Lipinski definition) is 1. The fourth-order valence-electron chi connectivity index (χ4n) is 1.34. The van der Waals surface area contributed by atoms with E-state index >= 15 is 0 Å². The van der Waals surface area contributed by atoms with E-state index < -0.39 is 0 Å². The molecule has 13 heavy (non-hydrogen) atoms. The first-order chi connectivity index (χ1) is 6.04. The summed E-state index contributed by atoms with van der Waals surface area (Å²) >= 11 is 0. The molecule has 1 rings (SSSR count). The fourth-order valence-corrected chi connectivity index (χ4v) is 1.34. The van der Waals surface area contributed by atoms with Gasteiger partial charge in [0.25, 0.3) is 0 Å². The predicted molar refractivity (Wildman–Crippen MR) is 50.2 cm³/mol. The minimum atomic E-state index is -0.146. The molecule has 0 aromatic rings. The highest BCUT2D eigenvalue weighted by atomic mass is 16.5. The Morgan fingerprint density at radius 3 is 2.54 bits per heavy atom. The SMILES string of the molecule is CC(C)N(C)C(=O)C1COCC1N. The van der Waals surface area contributed by atoms with Crippen LogP contribution in [-0.4, -0.2) is 43.2 Å². The highest BCUT2D eigenvalue weighted by molar-refractivity contribution is 5.80. The largest absolute Gasteiger partial charge is 0.379 e. The maximum Gasteiger partial charge on any atom is 0.229 e. The molecule has 0 aromatic carbocycles. The number of amides is 1. The molecule has 2 N–H and O–H groups in total. The summed E-state index contributed by atoms with van der Waals surface area (Å²) < 4.78 is 5.15. The van der Waals surface area contributed by atoms with Crippen molar-refractivity contribution >= 4 is 5.91 Å². The van der Waals surface area contributed by atoms with E-state index in [1.165, 1.54) is 0 Å². The second-order valence-electron chi connectivity index (χ2n) is 3.85. The van der Waals surface area contributed by atoms with Crippen LogP contribution in [0.3, 0.4) is 0 Å². The summed E-state index contributed by atoms with van der Waals surface area (Å²) in [6, 6.07) is 0.0917. The Bertz CT molecular complexity index is 194. The molecule has 0 bridgehead atoms. The first-order valence-corrected chi connectivity index (χ1v) is 4.64. The first-order valence-electron chi connectivity index (χ1n) is 4.64. The number of hydrogen-bond acceptors (Lipinski definition) is 3. The Morgan fingerprint density at radius 1 is 1.54 bits per heavy atom. The number of nitrogens with two attached hydrogens (primary N) is 1. The Kier molecular flexibility index (Phi) is 3.27. The van der Waals surface area contributed by atoms with E-state index in [0.29, 0.717) is 13.2 Å². The second-order valence-corrected chi connectivity index (χ2v) is 3.85. The van der Waals surface area contributed by atoms with Crippen LogP contribution >= 0.6 is 0 Å². The third-order valence-corrected chi connectivity index (χ3v) is 2.56. The lowest BCUT2D eigenvalue weighted by atomic mass is 10.0. The molecule has 1 aliphatic heterocycles. The zero-order valence-corrected chi connectivity index (χ0v) is 8.49. The normalized spacial score (nSPS) is 28.1. The summed E-state index contributed by atoms with van der Waals surface area (Å²) in [4.78, 5) is 13.5. The van der Waals surface area contributed by atoms with E-state index in [4.69, 9.17) is 10.5 Å². The summed E-state index contributed by atoms with van der Waals surface area (Å²) in [7, 11) is 1.80. The van der Waals surface area contributed by atoms with Crippen LogP contribution < -0.4 is 5.73 Å². The zero-order valence-electron chi connectivity index (χ0n) is 8.49. The Labute approximate surface area is 79.0 Å². The average molecular weight is 186 g/mol. The summed E-state index contributed by atoms with van der Waals surface area (Å²) in [6.07, 6.45) is 0. The van der Waals surface area contributed by atoms with Crippen LogP contribution in [0.2, 0.25) is 0 Å². The van der Waals surface area contributed by atoms with Gasteiger partial charge >= 0.3 is 0 Å². The summed E-state index contributed by atoms with van der Waals surface area (Å²) in [6.45, 7) is 4.94. The monoisotopic (exact) mass is 186 g/mol. The molecular weight excluding hydrogens is 168 g/mol. The molecule has 1 saturated heterocycles. The summed E-state index contributed by atoms with van der Waals surface area (Å²) in [5, 5.41) is 0. The highest BCUT2D eigenvalue weighted by Gasteiger charge is 2.33. The molecule has 0 aromatic heterocycles. The van der Waals surface area contributed by atoms with Gasteiger partial charge in [-0.05, 0) is 13.8 Å². The van der Waals surface area contributed by atoms with Crippen molar-refractivity contribution in [3.63, 3.8) is 0 Å². The topological polar surface area (TPSA) is 55.6 Å². The molecule has 76 valence electrons. The van der Waals surface area contributed by atoms with Crippen LogP contribution in [0, 0.1) is 5.92 Å².